The number of aromatic amines is 1. The highest BCUT2D eigenvalue weighted by Gasteiger charge is 2.22. The predicted molar refractivity (Wildman–Crippen MR) is 111 cm³/mol. The second kappa shape index (κ2) is 9.32. The molecular weight excluding hydrogens is 350 g/mol. The van der Waals surface area contributed by atoms with Gasteiger partial charge in [0.2, 0.25) is 5.91 Å². The minimum Gasteiger partial charge on any atom is -0.352 e. The van der Waals surface area contributed by atoms with Crippen molar-refractivity contribution in [3.63, 3.8) is 0 Å². The van der Waals surface area contributed by atoms with Crippen LogP contribution in [0.2, 0.25) is 0 Å². The molecule has 1 fully saturated rings. The van der Waals surface area contributed by atoms with Gasteiger partial charge >= 0.3 is 0 Å². The molecule has 0 atom stereocenters. The van der Waals surface area contributed by atoms with Gasteiger partial charge in [-0.05, 0) is 56.0 Å². The average Bonchev–Trinajstić information content (AvgIpc) is 3.16. The van der Waals surface area contributed by atoms with Crippen molar-refractivity contribution in [2.24, 2.45) is 5.92 Å². The first kappa shape index (κ1) is 20.5. The number of nitrogens with one attached hydrogen (secondary N) is 2. The van der Waals surface area contributed by atoms with E-state index < -0.39 is 0 Å². The molecule has 1 saturated heterocycles. The number of nitrogens with zero attached hydrogens (tertiary/aromatic N) is 3. The number of piperidine rings is 1. The van der Waals surface area contributed by atoms with Gasteiger partial charge in [-0.3, -0.25) is 19.8 Å². The average molecular weight is 384 g/mol. The molecule has 0 spiro atoms. The van der Waals surface area contributed by atoms with Crippen LogP contribution in [0.25, 0.3) is 0 Å². The number of hydrogen-bond donors (Lipinski definition) is 2. The molecule has 0 aliphatic carbocycles. The van der Waals surface area contributed by atoms with Crippen molar-refractivity contribution < 1.29 is 4.79 Å². The molecule has 2 N–H and O–H groups in total. The molecule has 0 aromatic carbocycles. The highest BCUT2D eigenvalue weighted by Crippen LogP contribution is 2.24. The molecule has 2 aromatic heterocycles. The van der Waals surface area contributed by atoms with Gasteiger partial charge in [0.1, 0.15) is 0 Å². The summed E-state index contributed by atoms with van der Waals surface area (Å²) in [5.41, 5.74) is 3.43. The van der Waals surface area contributed by atoms with Crippen LogP contribution in [-0.2, 0) is 23.3 Å². The molecule has 1 amide bonds. The number of aromatic nitrogens is 3. The summed E-state index contributed by atoms with van der Waals surface area (Å²) >= 11 is 0. The Morgan fingerprint density at radius 2 is 2.11 bits per heavy atom. The van der Waals surface area contributed by atoms with Gasteiger partial charge in [-0.25, -0.2) is 0 Å². The second-order valence-electron chi connectivity index (χ2n) is 8.92. The quantitative estimate of drug-likeness (QED) is 0.768. The van der Waals surface area contributed by atoms with Gasteiger partial charge in [0.15, 0.2) is 0 Å². The van der Waals surface area contributed by atoms with Crippen LogP contribution in [0.4, 0.5) is 0 Å². The Labute approximate surface area is 168 Å². The molecule has 0 radical (unpaired) electrons. The highest BCUT2D eigenvalue weighted by molar-refractivity contribution is 5.75. The lowest BCUT2D eigenvalue weighted by atomic mass is 9.91. The largest absolute Gasteiger partial charge is 0.352 e. The van der Waals surface area contributed by atoms with Gasteiger partial charge in [0.05, 0.1) is 5.69 Å². The Kier molecular flexibility index (Phi) is 6.83. The zero-order chi connectivity index (χ0) is 20.0. The molecule has 1 aliphatic heterocycles. The van der Waals surface area contributed by atoms with E-state index in [4.69, 9.17) is 0 Å². The minimum atomic E-state index is 0.0827. The summed E-state index contributed by atoms with van der Waals surface area (Å²) in [5, 5.41) is 10.6. The summed E-state index contributed by atoms with van der Waals surface area (Å²) in [6.07, 6.45) is 7.45. The zero-order valence-corrected chi connectivity index (χ0v) is 17.4. The number of pyridine rings is 1. The maximum atomic E-state index is 12.1. The number of hydrogen-bond acceptors (Lipinski definition) is 4. The van der Waals surface area contributed by atoms with Gasteiger partial charge in [0.25, 0.3) is 0 Å². The Hall–Kier alpha value is -2.21. The maximum absolute atomic E-state index is 12.1. The smallest absolute Gasteiger partial charge is 0.220 e. The first-order chi connectivity index (χ1) is 13.4. The van der Waals surface area contributed by atoms with E-state index in [9.17, 15) is 4.79 Å². The van der Waals surface area contributed by atoms with Gasteiger partial charge in [-0.2, -0.15) is 5.10 Å². The molecule has 6 heteroatoms. The summed E-state index contributed by atoms with van der Waals surface area (Å²) < 4.78 is 0. The van der Waals surface area contributed by atoms with Crippen molar-refractivity contribution in [2.75, 3.05) is 13.1 Å². The molecule has 0 unspecified atom stereocenters. The van der Waals surface area contributed by atoms with Crippen LogP contribution >= 0.6 is 0 Å². The van der Waals surface area contributed by atoms with Crippen molar-refractivity contribution in [3.05, 3.63) is 47.5 Å². The van der Waals surface area contributed by atoms with Crippen LogP contribution in [-0.4, -0.2) is 39.1 Å². The van der Waals surface area contributed by atoms with Crippen molar-refractivity contribution in [1.82, 2.24) is 25.4 Å². The molecule has 0 bridgehead atoms. The topological polar surface area (TPSA) is 73.9 Å². The van der Waals surface area contributed by atoms with E-state index in [2.05, 4.69) is 52.2 Å². The Morgan fingerprint density at radius 1 is 1.32 bits per heavy atom. The number of likely N-dealkylation sites (tertiary alicyclic amines) is 1. The van der Waals surface area contributed by atoms with E-state index in [1.165, 1.54) is 5.69 Å². The van der Waals surface area contributed by atoms with Gasteiger partial charge in [-0.1, -0.05) is 26.8 Å². The number of H-pyrrole nitrogens is 1. The number of carbonyl (C=O) groups excluding carboxylic acids is 1. The van der Waals surface area contributed by atoms with E-state index in [0.717, 1.165) is 50.2 Å². The first-order valence-electron chi connectivity index (χ1n) is 10.3. The van der Waals surface area contributed by atoms with Gasteiger partial charge < -0.3 is 5.32 Å². The highest BCUT2D eigenvalue weighted by atomic mass is 16.1. The molecule has 3 rings (SSSR count). The molecule has 0 saturated carbocycles. The second-order valence-corrected chi connectivity index (χ2v) is 8.92. The fourth-order valence-corrected chi connectivity index (χ4v) is 3.63. The van der Waals surface area contributed by atoms with E-state index in [-0.39, 0.29) is 11.3 Å². The van der Waals surface area contributed by atoms with Crippen LogP contribution < -0.4 is 5.32 Å². The van der Waals surface area contributed by atoms with Crippen LogP contribution in [0.3, 0.4) is 0 Å². The number of carbonyl (C=O) groups is 1. The van der Waals surface area contributed by atoms with E-state index in [0.29, 0.717) is 18.9 Å². The van der Waals surface area contributed by atoms with Gasteiger partial charge in [0, 0.05) is 43.0 Å². The summed E-state index contributed by atoms with van der Waals surface area (Å²) in [7, 11) is 0. The van der Waals surface area contributed by atoms with Crippen molar-refractivity contribution in [2.45, 2.75) is 65.0 Å². The van der Waals surface area contributed by atoms with Crippen molar-refractivity contribution in [1.29, 1.82) is 0 Å². The summed E-state index contributed by atoms with van der Waals surface area (Å²) in [4.78, 5) is 18.6. The molecular formula is C22H33N5O. The molecule has 2 aromatic rings. The molecule has 28 heavy (non-hydrogen) atoms. The Balaban J connectivity index is 1.34. The van der Waals surface area contributed by atoms with Crippen LogP contribution in [0.5, 0.6) is 0 Å². The van der Waals surface area contributed by atoms with E-state index >= 15 is 0 Å². The lowest BCUT2D eigenvalue weighted by Crippen LogP contribution is -2.34. The van der Waals surface area contributed by atoms with Crippen LogP contribution in [0, 0.1) is 5.92 Å². The fraction of sp³-hybridized carbons (Fsp3) is 0.591. The summed E-state index contributed by atoms with van der Waals surface area (Å²) in [6.45, 7) is 10.2. The first-order valence-corrected chi connectivity index (χ1v) is 10.3. The van der Waals surface area contributed by atoms with E-state index in [1.807, 2.05) is 12.1 Å². The standard InChI is InChI=1S/C22H33N5O/c1-22(2,3)20-13-19(25-26-20)16-27-11-8-17(9-12-27)6-7-21(28)24-15-18-5-4-10-23-14-18/h4-5,10,13-14,17H,6-9,11-12,15-16H2,1-3H3,(H,24,28)(H,25,26). The third-order valence-corrected chi connectivity index (χ3v) is 5.49. The zero-order valence-electron chi connectivity index (χ0n) is 17.4. The SMILES string of the molecule is CC(C)(C)c1cc(CN2CCC(CCC(=O)NCc3cccnc3)CC2)[nH]n1. The normalized spacial score (nSPS) is 16.2. The summed E-state index contributed by atoms with van der Waals surface area (Å²) in [5.74, 6) is 0.783. The minimum absolute atomic E-state index is 0.0827. The summed E-state index contributed by atoms with van der Waals surface area (Å²) in [6, 6.07) is 6.06. The van der Waals surface area contributed by atoms with Crippen LogP contribution in [0.15, 0.2) is 30.6 Å². The predicted octanol–water partition coefficient (Wildman–Crippen LogP) is 3.41. The maximum Gasteiger partial charge on any atom is 0.220 e. The Bertz CT molecular complexity index is 742. The lowest BCUT2D eigenvalue weighted by Gasteiger charge is -2.31. The van der Waals surface area contributed by atoms with Gasteiger partial charge in [-0.15, -0.1) is 0 Å². The van der Waals surface area contributed by atoms with Crippen molar-refractivity contribution in [3.8, 4) is 0 Å². The fourth-order valence-electron chi connectivity index (χ4n) is 3.63. The molecule has 6 nitrogen and oxygen atoms in total. The number of amides is 1. The molecule has 152 valence electrons. The third kappa shape index (κ3) is 6.16. The lowest BCUT2D eigenvalue weighted by molar-refractivity contribution is -0.121. The van der Waals surface area contributed by atoms with E-state index in [1.54, 1.807) is 12.4 Å². The monoisotopic (exact) mass is 383 g/mol. The molecule has 3 heterocycles. The third-order valence-electron chi connectivity index (χ3n) is 5.49. The van der Waals surface area contributed by atoms with Crippen molar-refractivity contribution >= 4 is 5.91 Å². The van der Waals surface area contributed by atoms with Crippen LogP contribution in [0.1, 0.15) is 63.4 Å². The number of rotatable bonds is 7. The Morgan fingerprint density at radius 3 is 2.75 bits per heavy atom. The molecule has 1 aliphatic rings.